The fraction of sp³-hybridized carbons (Fsp3) is 0.625. The Labute approximate surface area is 116 Å². The number of aliphatic hydroxyl groups excluding tert-OH is 1. The second-order valence-corrected chi connectivity index (χ2v) is 5.37. The lowest BCUT2D eigenvalue weighted by Gasteiger charge is -2.40. The van der Waals surface area contributed by atoms with Gasteiger partial charge in [-0.1, -0.05) is 26.0 Å². The van der Waals surface area contributed by atoms with E-state index in [9.17, 15) is 5.11 Å². The predicted octanol–water partition coefficient (Wildman–Crippen LogP) is 3.13. The summed E-state index contributed by atoms with van der Waals surface area (Å²) >= 11 is 0. The fourth-order valence-electron chi connectivity index (χ4n) is 2.62. The van der Waals surface area contributed by atoms with Crippen LogP contribution in [0.4, 0.5) is 5.69 Å². The van der Waals surface area contributed by atoms with Gasteiger partial charge in [0.05, 0.1) is 24.9 Å². The van der Waals surface area contributed by atoms with E-state index in [1.807, 2.05) is 19.1 Å². The zero-order valence-electron chi connectivity index (χ0n) is 12.2. The van der Waals surface area contributed by atoms with Gasteiger partial charge in [0.15, 0.2) is 0 Å². The number of anilines is 1. The molecule has 0 spiro atoms. The first-order chi connectivity index (χ1) is 9.15. The van der Waals surface area contributed by atoms with Crippen LogP contribution >= 0.6 is 0 Å². The molecule has 1 aromatic carbocycles. The molecule has 2 rings (SSSR count). The molecule has 0 aliphatic carbocycles. The molecular formula is C16H25NO2. The third kappa shape index (κ3) is 3.28. The maximum Gasteiger partial charge on any atom is 0.0787 e. The lowest BCUT2D eigenvalue weighted by atomic mass is 10.0. The van der Waals surface area contributed by atoms with E-state index >= 15 is 0 Å². The van der Waals surface area contributed by atoms with Crippen molar-refractivity contribution in [2.45, 2.75) is 51.9 Å². The lowest BCUT2D eigenvalue weighted by Crippen LogP contribution is -2.48. The van der Waals surface area contributed by atoms with Crippen molar-refractivity contribution < 1.29 is 9.84 Å². The van der Waals surface area contributed by atoms with Crippen LogP contribution in [0.1, 0.15) is 45.3 Å². The number of ether oxygens (including phenoxy) is 1. The van der Waals surface area contributed by atoms with E-state index in [-0.39, 0.29) is 12.2 Å². The lowest BCUT2D eigenvalue weighted by molar-refractivity contribution is 0.0299. The van der Waals surface area contributed by atoms with Crippen LogP contribution in [-0.4, -0.2) is 30.4 Å². The summed E-state index contributed by atoms with van der Waals surface area (Å²) in [7, 11) is 0. The Morgan fingerprint density at radius 1 is 1.32 bits per heavy atom. The van der Waals surface area contributed by atoms with Crippen molar-refractivity contribution in [3.05, 3.63) is 29.8 Å². The average Bonchev–Trinajstić information content (AvgIpc) is 2.46. The molecule has 0 aromatic heterocycles. The smallest absolute Gasteiger partial charge is 0.0787 e. The van der Waals surface area contributed by atoms with E-state index in [2.05, 4.69) is 30.9 Å². The molecule has 3 atom stereocenters. The molecule has 1 aliphatic rings. The molecule has 3 heteroatoms. The molecule has 1 fully saturated rings. The predicted molar refractivity (Wildman–Crippen MR) is 78.5 cm³/mol. The monoisotopic (exact) mass is 263 g/mol. The van der Waals surface area contributed by atoms with Crippen molar-refractivity contribution in [3.63, 3.8) is 0 Å². The van der Waals surface area contributed by atoms with E-state index in [1.54, 1.807) is 0 Å². The molecule has 3 nitrogen and oxygen atoms in total. The van der Waals surface area contributed by atoms with Gasteiger partial charge in [-0.15, -0.1) is 0 Å². The number of nitrogens with zero attached hydrogens (tertiary/aromatic N) is 1. The van der Waals surface area contributed by atoms with Crippen molar-refractivity contribution in [2.24, 2.45) is 0 Å². The van der Waals surface area contributed by atoms with Crippen molar-refractivity contribution in [3.8, 4) is 0 Å². The van der Waals surface area contributed by atoms with Gasteiger partial charge in [-0.05, 0) is 37.5 Å². The Balaban J connectivity index is 2.15. The second kappa shape index (κ2) is 6.40. The SMILES string of the molecule is CCC1COC(C)CN1c1ccc([C@H](O)CC)cc1. The summed E-state index contributed by atoms with van der Waals surface area (Å²) in [4.78, 5) is 2.43. The van der Waals surface area contributed by atoms with Gasteiger partial charge in [0.25, 0.3) is 0 Å². The molecule has 2 unspecified atom stereocenters. The second-order valence-electron chi connectivity index (χ2n) is 5.37. The van der Waals surface area contributed by atoms with E-state index < -0.39 is 0 Å². The fourth-order valence-corrected chi connectivity index (χ4v) is 2.62. The minimum absolute atomic E-state index is 0.281. The number of aliphatic hydroxyl groups is 1. The Kier molecular flexibility index (Phi) is 4.83. The van der Waals surface area contributed by atoms with Crippen molar-refractivity contribution in [1.29, 1.82) is 0 Å². The normalized spacial score (nSPS) is 25.4. The summed E-state index contributed by atoms with van der Waals surface area (Å²) in [5.41, 5.74) is 2.23. The molecule has 1 aliphatic heterocycles. The Morgan fingerprint density at radius 2 is 2.00 bits per heavy atom. The summed E-state index contributed by atoms with van der Waals surface area (Å²) in [5, 5.41) is 9.84. The van der Waals surface area contributed by atoms with Crippen molar-refractivity contribution in [2.75, 3.05) is 18.1 Å². The number of hydrogen-bond donors (Lipinski definition) is 1. The van der Waals surface area contributed by atoms with Gasteiger partial charge in [0.1, 0.15) is 0 Å². The van der Waals surface area contributed by atoms with Crippen LogP contribution in [0.25, 0.3) is 0 Å². The zero-order chi connectivity index (χ0) is 13.8. The Hall–Kier alpha value is -1.06. The van der Waals surface area contributed by atoms with Crippen LogP contribution in [-0.2, 0) is 4.74 Å². The molecule has 106 valence electrons. The average molecular weight is 263 g/mol. The first kappa shape index (κ1) is 14.4. The minimum atomic E-state index is -0.348. The van der Waals surface area contributed by atoms with Crippen LogP contribution in [0, 0.1) is 0 Å². The van der Waals surface area contributed by atoms with E-state index in [0.717, 1.165) is 31.6 Å². The standard InChI is InChI=1S/C16H25NO2/c1-4-14-11-19-12(3)10-17(14)15-8-6-13(7-9-15)16(18)5-2/h6-9,12,14,16,18H,4-5,10-11H2,1-3H3/t12?,14?,16-/m1/s1. The molecule has 1 N–H and O–H groups in total. The Bertz CT molecular complexity index is 390. The third-order valence-corrected chi connectivity index (χ3v) is 3.94. The molecule has 0 amide bonds. The zero-order valence-corrected chi connectivity index (χ0v) is 12.2. The van der Waals surface area contributed by atoms with Gasteiger partial charge in [0.2, 0.25) is 0 Å². The Morgan fingerprint density at radius 3 is 2.58 bits per heavy atom. The third-order valence-electron chi connectivity index (χ3n) is 3.94. The van der Waals surface area contributed by atoms with Gasteiger partial charge < -0.3 is 14.7 Å². The summed E-state index contributed by atoms with van der Waals surface area (Å²) in [6.07, 6.45) is 1.78. The van der Waals surface area contributed by atoms with Gasteiger partial charge in [0, 0.05) is 12.2 Å². The minimum Gasteiger partial charge on any atom is -0.388 e. The molecule has 0 bridgehead atoms. The number of benzene rings is 1. The van der Waals surface area contributed by atoms with E-state index in [1.165, 1.54) is 5.69 Å². The quantitative estimate of drug-likeness (QED) is 0.906. The number of rotatable bonds is 4. The van der Waals surface area contributed by atoms with E-state index in [0.29, 0.717) is 6.04 Å². The molecule has 1 saturated heterocycles. The molecular weight excluding hydrogens is 238 g/mol. The maximum absolute atomic E-state index is 9.84. The molecule has 1 heterocycles. The summed E-state index contributed by atoms with van der Waals surface area (Å²) in [6, 6.07) is 8.77. The van der Waals surface area contributed by atoms with Crippen LogP contribution in [0.3, 0.4) is 0 Å². The molecule has 1 aromatic rings. The van der Waals surface area contributed by atoms with Gasteiger partial charge in [-0.25, -0.2) is 0 Å². The number of morpholine rings is 1. The molecule has 19 heavy (non-hydrogen) atoms. The van der Waals surface area contributed by atoms with Crippen molar-refractivity contribution >= 4 is 5.69 Å². The van der Waals surface area contributed by atoms with Gasteiger partial charge in [-0.2, -0.15) is 0 Å². The maximum atomic E-state index is 9.84. The van der Waals surface area contributed by atoms with E-state index in [4.69, 9.17) is 4.74 Å². The highest BCUT2D eigenvalue weighted by Crippen LogP contribution is 2.26. The number of hydrogen-bond acceptors (Lipinski definition) is 3. The van der Waals surface area contributed by atoms with Crippen molar-refractivity contribution in [1.82, 2.24) is 0 Å². The van der Waals surface area contributed by atoms with Crippen LogP contribution < -0.4 is 4.90 Å². The molecule has 0 saturated carbocycles. The highest BCUT2D eigenvalue weighted by Gasteiger charge is 2.25. The summed E-state index contributed by atoms with van der Waals surface area (Å²) < 4.78 is 5.73. The van der Waals surface area contributed by atoms with Gasteiger partial charge >= 0.3 is 0 Å². The van der Waals surface area contributed by atoms with Crippen LogP contribution in [0.5, 0.6) is 0 Å². The van der Waals surface area contributed by atoms with Crippen LogP contribution in [0.2, 0.25) is 0 Å². The first-order valence-electron chi connectivity index (χ1n) is 7.32. The van der Waals surface area contributed by atoms with Gasteiger partial charge in [-0.3, -0.25) is 0 Å². The highest BCUT2D eigenvalue weighted by atomic mass is 16.5. The first-order valence-corrected chi connectivity index (χ1v) is 7.32. The largest absolute Gasteiger partial charge is 0.388 e. The topological polar surface area (TPSA) is 32.7 Å². The molecule has 0 radical (unpaired) electrons. The summed E-state index contributed by atoms with van der Waals surface area (Å²) in [5.74, 6) is 0. The van der Waals surface area contributed by atoms with Crippen LogP contribution in [0.15, 0.2) is 24.3 Å². The highest BCUT2D eigenvalue weighted by molar-refractivity contribution is 5.49. The summed E-state index contributed by atoms with van der Waals surface area (Å²) in [6.45, 7) is 8.06.